The van der Waals surface area contributed by atoms with Crippen LogP contribution in [-0.4, -0.2) is 28.5 Å². The number of carbonyl (C=O) groups is 2. The molecule has 0 spiro atoms. The number of thiazole rings is 2. The summed E-state index contributed by atoms with van der Waals surface area (Å²) in [5.41, 5.74) is 2.65. The predicted molar refractivity (Wildman–Crippen MR) is 106 cm³/mol. The highest BCUT2D eigenvalue weighted by molar-refractivity contribution is 7.20. The zero-order valence-corrected chi connectivity index (χ0v) is 16.3. The number of para-hydroxylation sites is 2. The van der Waals surface area contributed by atoms with Gasteiger partial charge in [-0.15, -0.1) is 11.3 Å². The molecule has 8 heteroatoms. The number of hydrogen-bond acceptors (Lipinski definition) is 6. The topological polar surface area (TPSA) is 73.6 Å². The Morgan fingerprint density at radius 2 is 1.89 bits per heavy atom. The number of carbonyl (C=O) groups excluding carboxylic acids is 2. The second kappa shape index (κ2) is 7.05. The fourth-order valence-electron chi connectivity index (χ4n) is 2.83. The van der Waals surface area contributed by atoms with Crippen LogP contribution in [-0.2, 0) is 16.1 Å². The van der Waals surface area contributed by atoms with Crippen molar-refractivity contribution in [2.24, 2.45) is 4.99 Å². The minimum absolute atomic E-state index is 0.00664. The zero-order chi connectivity index (χ0) is 19.0. The first-order valence-electron chi connectivity index (χ1n) is 8.17. The first-order chi connectivity index (χ1) is 13.1. The highest BCUT2D eigenvalue weighted by atomic mass is 32.1. The molecule has 0 aliphatic carbocycles. The van der Waals surface area contributed by atoms with Crippen molar-refractivity contribution in [3.05, 3.63) is 57.8 Å². The third-order valence-electron chi connectivity index (χ3n) is 4.09. The maximum Gasteiger partial charge on any atom is 0.325 e. The molecular formula is C19H15N3O3S2. The van der Waals surface area contributed by atoms with Crippen molar-refractivity contribution in [2.45, 2.75) is 13.5 Å². The van der Waals surface area contributed by atoms with Gasteiger partial charge in [0.05, 0.1) is 27.5 Å². The number of hydrogen-bond donors (Lipinski definition) is 0. The van der Waals surface area contributed by atoms with E-state index in [1.54, 1.807) is 4.57 Å². The molecule has 0 fully saturated rings. The summed E-state index contributed by atoms with van der Waals surface area (Å²) in [4.78, 5) is 33.7. The molecule has 0 aliphatic heterocycles. The Balaban J connectivity index is 1.86. The molecule has 1 amide bonds. The third kappa shape index (κ3) is 3.29. The van der Waals surface area contributed by atoms with Crippen LogP contribution in [0.4, 0.5) is 0 Å². The molecule has 0 unspecified atom stereocenters. The van der Waals surface area contributed by atoms with E-state index in [4.69, 9.17) is 4.74 Å². The van der Waals surface area contributed by atoms with Crippen molar-refractivity contribution in [3.63, 3.8) is 0 Å². The third-order valence-corrected chi connectivity index (χ3v) is 6.16. The number of fused-ring (bicyclic) bond motifs is 2. The molecular weight excluding hydrogens is 382 g/mol. The Hall–Kier alpha value is -2.84. The number of esters is 1. The highest BCUT2D eigenvalue weighted by Gasteiger charge is 2.15. The van der Waals surface area contributed by atoms with Crippen molar-refractivity contribution in [2.75, 3.05) is 7.11 Å². The summed E-state index contributed by atoms with van der Waals surface area (Å²) in [6.07, 6.45) is 0. The molecule has 136 valence electrons. The summed E-state index contributed by atoms with van der Waals surface area (Å²) in [6, 6.07) is 13.4. The van der Waals surface area contributed by atoms with Crippen LogP contribution in [0.2, 0.25) is 0 Å². The quantitative estimate of drug-likeness (QED) is 0.496. The molecule has 0 N–H and O–H groups in total. The minimum Gasteiger partial charge on any atom is -0.468 e. The van der Waals surface area contributed by atoms with Gasteiger partial charge in [0.25, 0.3) is 0 Å². The molecule has 0 bridgehead atoms. The van der Waals surface area contributed by atoms with Crippen molar-refractivity contribution in [3.8, 4) is 0 Å². The molecule has 2 heterocycles. The molecule has 0 radical (unpaired) electrons. The van der Waals surface area contributed by atoms with Crippen LogP contribution in [0.5, 0.6) is 0 Å². The van der Waals surface area contributed by atoms with Crippen molar-refractivity contribution in [1.82, 2.24) is 9.55 Å². The van der Waals surface area contributed by atoms with Gasteiger partial charge in [0.15, 0.2) is 9.81 Å². The van der Waals surface area contributed by atoms with E-state index in [9.17, 15) is 9.59 Å². The number of amides is 1. The summed E-state index contributed by atoms with van der Waals surface area (Å²) in [6.45, 7) is 1.95. The average molecular weight is 397 g/mol. The largest absolute Gasteiger partial charge is 0.468 e. The Morgan fingerprint density at radius 1 is 1.11 bits per heavy atom. The van der Waals surface area contributed by atoms with E-state index < -0.39 is 11.9 Å². The summed E-state index contributed by atoms with van der Waals surface area (Å²) >= 11 is 2.67. The van der Waals surface area contributed by atoms with Gasteiger partial charge in [-0.05, 0) is 30.7 Å². The van der Waals surface area contributed by atoms with Crippen molar-refractivity contribution < 1.29 is 14.3 Å². The zero-order valence-electron chi connectivity index (χ0n) is 14.6. The predicted octanol–water partition coefficient (Wildman–Crippen LogP) is 3.54. The van der Waals surface area contributed by atoms with Crippen LogP contribution >= 0.6 is 22.7 Å². The normalized spacial score (nSPS) is 12.0. The van der Waals surface area contributed by atoms with Gasteiger partial charge >= 0.3 is 11.9 Å². The van der Waals surface area contributed by atoms with E-state index in [-0.39, 0.29) is 6.54 Å². The monoisotopic (exact) mass is 397 g/mol. The van der Waals surface area contributed by atoms with E-state index in [0.29, 0.717) is 9.81 Å². The van der Waals surface area contributed by atoms with Crippen LogP contribution in [0, 0.1) is 6.92 Å². The van der Waals surface area contributed by atoms with Gasteiger partial charge in [-0.1, -0.05) is 35.6 Å². The van der Waals surface area contributed by atoms with Crippen LogP contribution in [0.1, 0.15) is 15.4 Å². The summed E-state index contributed by atoms with van der Waals surface area (Å²) < 4.78 is 8.42. The lowest BCUT2D eigenvalue weighted by atomic mass is 10.2. The van der Waals surface area contributed by atoms with Gasteiger partial charge in [-0.25, -0.2) is 4.98 Å². The van der Waals surface area contributed by atoms with E-state index >= 15 is 0 Å². The van der Waals surface area contributed by atoms with Crippen molar-refractivity contribution in [1.29, 1.82) is 0 Å². The van der Waals surface area contributed by atoms with Gasteiger partial charge in [-0.3, -0.25) is 9.59 Å². The fraction of sp³-hybridized carbons (Fsp3) is 0.158. The number of ether oxygens (including phenoxy) is 1. The van der Waals surface area contributed by atoms with Crippen LogP contribution in [0.3, 0.4) is 0 Å². The number of aryl methyl sites for hydroxylation is 1. The van der Waals surface area contributed by atoms with E-state index in [1.165, 1.54) is 29.8 Å². The first kappa shape index (κ1) is 17.6. The molecule has 4 rings (SSSR count). The summed E-state index contributed by atoms with van der Waals surface area (Å²) in [5, 5.41) is 0.329. The van der Waals surface area contributed by atoms with E-state index in [1.807, 2.05) is 49.4 Å². The van der Waals surface area contributed by atoms with Gasteiger partial charge < -0.3 is 9.30 Å². The Kier molecular flexibility index (Phi) is 4.59. The minimum atomic E-state index is -0.418. The maximum absolute atomic E-state index is 12.7. The fourth-order valence-corrected chi connectivity index (χ4v) is 4.79. The van der Waals surface area contributed by atoms with Crippen molar-refractivity contribution >= 4 is 55.0 Å². The number of aromatic nitrogens is 2. The molecule has 0 aliphatic rings. The molecule has 4 aromatic rings. The summed E-state index contributed by atoms with van der Waals surface area (Å²) in [5.74, 6) is -0.814. The number of benzene rings is 2. The molecule has 0 atom stereocenters. The standard InChI is InChI=1S/C19H15N3O3S2/c1-11-6-5-9-14-16(11)22(10-15(23)25-2)19(27-14)21-17(24)18-20-12-7-3-4-8-13(12)26-18/h3-9H,10H2,1-2H3. The maximum atomic E-state index is 12.7. The second-order valence-corrected chi connectivity index (χ2v) is 7.91. The van der Waals surface area contributed by atoms with Crippen LogP contribution in [0.15, 0.2) is 47.5 Å². The van der Waals surface area contributed by atoms with Gasteiger partial charge in [0.2, 0.25) is 0 Å². The van der Waals surface area contributed by atoms with Gasteiger partial charge in [-0.2, -0.15) is 4.99 Å². The number of nitrogens with zero attached hydrogens (tertiary/aromatic N) is 3. The lowest BCUT2D eigenvalue weighted by Gasteiger charge is -2.05. The SMILES string of the molecule is COC(=O)Cn1c(=NC(=O)c2nc3ccccc3s2)sc2cccc(C)c21. The summed E-state index contributed by atoms with van der Waals surface area (Å²) in [7, 11) is 1.34. The number of methoxy groups -OCH3 is 1. The second-order valence-electron chi connectivity index (χ2n) is 5.87. The lowest BCUT2D eigenvalue weighted by molar-refractivity contribution is -0.141. The van der Waals surface area contributed by atoms with E-state index in [0.717, 1.165) is 26.0 Å². The molecule has 0 saturated carbocycles. The van der Waals surface area contributed by atoms with E-state index in [2.05, 4.69) is 9.98 Å². The van der Waals surface area contributed by atoms with Gasteiger partial charge in [0, 0.05) is 0 Å². The lowest BCUT2D eigenvalue weighted by Crippen LogP contribution is -2.22. The average Bonchev–Trinajstić information content (AvgIpc) is 3.24. The molecule has 2 aromatic heterocycles. The Morgan fingerprint density at radius 3 is 2.67 bits per heavy atom. The molecule has 27 heavy (non-hydrogen) atoms. The molecule has 2 aromatic carbocycles. The molecule has 0 saturated heterocycles. The van der Waals surface area contributed by atoms with Gasteiger partial charge in [0.1, 0.15) is 6.54 Å². The Labute approximate surface area is 162 Å². The molecule has 6 nitrogen and oxygen atoms in total. The highest BCUT2D eigenvalue weighted by Crippen LogP contribution is 2.23. The first-order valence-corrected chi connectivity index (χ1v) is 9.80. The smallest absolute Gasteiger partial charge is 0.325 e. The van der Waals surface area contributed by atoms with Crippen LogP contribution in [0.25, 0.3) is 20.4 Å². The Bertz CT molecular complexity index is 1220. The van der Waals surface area contributed by atoms with Crippen LogP contribution < -0.4 is 4.80 Å². The number of rotatable bonds is 3.